The number of para-hydroxylation sites is 1. The van der Waals surface area contributed by atoms with Crippen LogP contribution in [0.1, 0.15) is 30.9 Å². The summed E-state index contributed by atoms with van der Waals surface area (Å²) in [5, 5.41) is 2.03. The molecule has 1 unspecified atom stereocenters. The first-order chi connectivity index (χ1) is 22.6. The Hall–Kier alpha value is -3.75. The van der Waals surface area contributed by atoms with E-state index >= 15 is 4.79 Å². The highest BCUT2D eigenvalue weighted by Crippen LogP contribution is 2.51. The number of methoxy groups -OCH3 is 1. The molecule has 250 valence electrons. The van der Waals surface area contributed by atoms with Crippen LogP contribution >= 0.6 is 11.6 Å². The molecule has 2 saturated heterocycles. The van der Waals surface area contributed by atoms with Gasteiger partial charge in [0.05, 0.1) is 19.4 Å². The van der Waals surface area contributed by atoms with Gasteiger partial charge < -0.3 is 14.4 Å². The van der Waals surface area contributed by atoms with Crippen molar-refractivity contribution in [1.82, 2.24) is 25.2 Å². The van der Waals surface area contributed by atoms with Crippen LogP contribution in [0.25, 0.3) is 0 Å². The molecule has 4 heterocycles. The standard InChI is InChI=1S/C33H39ClN6O6S/c1-4-46-30-25(8-7-15-35-30)33(31(41)36-39-16-13-24(14-17-39)38-20-18-37(2)19-21-38)26-22-23(34)11-12-27(26)40(32(33)42)47(43,44)29-10-6-5-9-28(29)45-3/h5-12,15,22,24H,4,13-14,16-21H2,1-3H3,(H,36,41). The lowest BCUT2D eigenvalue weighted by atomic mass is 9.74. The molecule has 0 spiro atoms. The van der Waals surface area contributed by atoms with Gasteiger partial charge in [-0.15, -0.1) is 0 Å². The number of nitrogens with one attached hydrogen (secondary N) is 1. The summed E-state index contributed by atoms with van der Waals surface area (Å²) in [6.45, 7) is 7.11. The van der Waals surface area contributed by atoms with Crippen molar-refractivity contribution in [3.05, 3.63) is 76.9 Å². The number of fused-ring (bicyclic) bond motifs is 1. The largest absolute Gasteiger partial charge is 0.495 e. The van der Waals surface area contributed by atoms with E-state index in [1.54, 1.807) is 31.2 Å². The van der Waals surface area contributed by atoms with Gasteiger partial charge in [-0.05, 0) is 63.2 Å². The molecule has 1 atom stereocenters. The quantitative estimate of drug-likeness (QED) is 0.337. The molecule has 12 nitrogen and oxygen atoms in total. The van der Waals surface area contributed by atoms with Gasteiger partial charge in [0.1, 0.15) is 10.6 Å². The summed E-state index contributed by atoms with van der Waals surface area (Å²) in [5.74, 6) is -1.64. The smallest absolute Gasteiger partial charge is 0.274 e. The normalized spacial score (nSPS) is 21.4. The number of carbonyl (C=O) groups is 2. The maximum absolute atomic E-state index is 15.0. The van der Waals surface area contributed by atoms with Crippen molar-refractivity contribution >= 4 is 39.1 Å². The zero-order valence-corrected chi connectivity index (χ0v) is 28.3. The van der Waals surface area contributed by atoms with E-state index in [4.69, 9.17) is 21.1 Å². The molecule has 3 aliphatic rings. The summed E-state index contributed by atoms with van der Waals surface area (Å²) in [4.78, 5) is 38.9. The van der Waals surface area contributed by atoms with E-state index in [0.29, 0.717) is 23.4 Å². The second kappa shape index (κ2) is 13.4. The first-order valence-corrected chi connectivity index (χ1v) is 17.5. The number of likely N-dealkylation sites (N-methyl/N-ethyl adjacent to an activating group) is 1. The fourth-order valence-corrected chi connectivity index (χ4v) is 8.62. The first kappa shape index (κ1) is 33.2. The topological polar surface area (TPSA) is 125 Å². The number of carbonyl (C=O) groups excluding carboxylic acids is 2. The van der Waals surface area contributed by atoms with E-state index in [9.17, 15) is 13.2 Å². The Morgan fingerprint density at radius 3 is 2.45 bits per heavy atom. The minimum Gasteiger partial charge on any atom is -0.495 e. The van der Waals surface area contributed by atoms with E-state index < -0.39 is 27.3 Å². The summed E-state index contributed by atoms with van der Waals surface area (Å²) in [6, 6.07) is 14.0. The second-order valence-corrected chi connectivity index (χ2v) is 14.1. The minimum atomic E-state index is -4.60. The summed E-state index contributed by atoms with van der Waals surface area (Å²) >= 11 is 6.51. The molecule has 14 heteroatoms. The van der Waals surface area contributed by atoms with Crippen molar-refractivity contribution in [3.63, 3.8) is 0 Å². The lowest BCUT2D eigenvalue weighted by Crippen LogP contribution is -2.59. The van der Waals surface area contributed by atoms with Crippen molar-refractivity contribution in [3.8, 4) is 11.6 Å². The number of rotatable bonds is 9. The van der Waals surface area contributed by atoms with Gasteiger partial charge >= 0.3 is 0 Å². The zero-order chi connectivity index (χ0) is 33.3. The summed E-state index contributed by atoms with van der Waals surface area (Å²) in [7, 11) is -1.12. The van der Waals surface area contributed by atoms with Crippen LogP contribution in [-0.2, 0) is 25.0 Å². The Morgan fingerprint density at radius 2 is 1.74 bits per heavy atom. The van der Waals surface area contributed by atoms with Crippen LogP contribution in [0.3, 0.4) is 0 Å². The Bertz CT molecular complexity index is 1760. The lowest BCUT2D eigenvalue weighted by molar-refractivity contribution is -0.137. The number of pyridine rings is 1. The Kier molecular flexibility index (Phi) is 9.45. The predicted octanol–water partition coefficient (Wildman–Crippen LogP) is 2.91. The van der Waals surface area contributed by atoms with Crippen molar-refractivity contribution in [2.45, 2.75) is 36.1 Å². The monoisotopic (exact) mass is 682 g/mol. The molecular formula is C33H39ClN6O6S. The highest BCUT2D eigenvalue weighted by Gasteiger charge is 2.62. The molecule has 0 aliphatic carbocycles. The number of piperazine rings is 1. The molecule has 0 bridgehead atoms. The van der Waals surface area contributed by atoms with Crippen LogP contribution in [-0.4, -0.2) is 106 Å². The third-order valence-electron chi connectivity index (χ3n) is 9.25. The third kappa shape index (κ3) is 5.84. The molecule has 1 aromatic heterocycles. The van der Waals surface area contributed by atoms with Gasteiger partial charge in [0.15, 0.2) is 5.41 Å². The van der Waals surface area contributed by atoms with Gasteiger partial charge in [0.2, 0.25) is 5.88 Å². The fraction of sp³-hybridized carbons (Fsp3) is 0.424. The van der Waals surface area contributed by atoms with Crippen LogP contribution in [0.5, 0.6) is 11.6 Å². The number of benzene rings is 2. The van der Waals surface area contributed by atoms with E-state index in [-0.39, 0.29) is 45.0 Å². The van der Waals surface area contributed by atoms with Crippen LogP contribution < -0.4 is 19.2 Å². The average molecular weight is 683 g/mol. The maximum atomic E-state index is 15.0. The number of aromatic nitrogens is 1. The van der Waals surface area contributed by atoms with Crippen molar-refractivity contribution in [2.24, 2.45) is 0 Å². The van der Waals surface area contributed by atoms with E-state index in [1.807, 2.05) is 5.01 Å². The molecular weight excluding hydrogens is 644 g/mol. The van der Waals surface area contributed by atoms with Gasteiger partial charge in [-0.1, -0.05) is 29.8 Å². The highest BCUT2D eigenvalue weighted by atomic mass is 35.5. The predicted molar refractivity (Wildman–Crippen MR) is 177 cm³/mol. The van der Waals surface area contributed by atoms with Gasteiger partial charge in [0, 0.05) is 67.7 Å². The minimum absolute atomic E-state index is 0.000493. The number of anilines is 1. The molecule has 6 rings (SSSR count). The fourth-order valence-electron chi connectivity index (χ4n) is 6.82. The first-order valence-electron chi connectivity index (χ1n) is 15.7. The van der Waals surface area contributed by atoms with Crippen LogP contribution in [0.4, 0.5) is 5.69 Å². The molecule has 1 N–H and O–H groups in total. The number of piperidine rings is 1. The Balaban J connectivity index is 1.43. The summed E-state index contributed by atoms with van der Waals surface area (Å²) in [6.07, 6.45) is 3.16. The van der Waals surface area contributed by atoms with E-state index in [1.165, 1.54) is 43.6 Å². The Labute approximate surface area is 280 Å². The molecule has 2 amide bonds. The maximum Gasteiger partial charge on any atom is 0.274 e. The number of hydrogen-bond acceptors (Lipinski definition) is 10. The van der Waals surface area contributed by atoms with Crippen LogP contribution in [0.15, 0.2) is 65.7 Å². The second-order valence-electron chi connectivity index (χ2n) is 11.9. The number of sulfonamides is 1. The molecule has 2 fully saturated rings. The third-order valence-corrected chi connectivity index (χ3v) is 11.2. The Morgan fingerprint density at radius 1 is 1.02 bits per heavy atom. The lowest BCUT2D eigenvalue weighted by Gasteiger charge is -2.42. The summed E-state index contributed by atoms with van der Waals surface area (Å²) in [5.41, 5.74) is 1.01. The van der Waals surface area contributed by atoms with E-state index in [0.717, 1.165) is 39.0 Å². The molecule has 47 heavy (non-hydrogen) atoms. The average Bonchev–Trinajstić information content (AvgIpc) is 3.34. The van der Waals surface area contributed by atoms with Gasteiger partial charge in [-0.3, -0.25) is 19.9 Å². The molecule has 3 aliphatic heterocycles. The molecule has 0 saturated carbocycles. The molecule has 2 aromatic carbocycles. The van der Waals surface area contributed by atoms with Gasteiger partial charge in [0.25, 0.3) is 21.8 Å². The van der Waals surface area contributed by atoms with E-state index in [2.05, 4.69) is 27.3 Å². The molecule has 3 aromatic rings. The highest BCUT2D eigenvalue weighted by molar-refractivity contribution is 7.93. The van der Waals surface area contributed by atoms with Gasteiger partial charge in [-0.2, -0.15) is 0 Å². The number of ether oxygens (including phenoxy) is 2. The number of nitrogens with zero attached hydrogens (tertiary/aromatic N) is 5. The SMILES string of the molecule is CCOc1ncccc1C1(C(=O)NN2CCC(N3CCN(C)CC3)CC2)C(=O)N(S(=O)(=O)c2ccccc2OC)c2ccc(Cl)cc21. The van der Waals surface area contributed by atoms with Gasteiger partial charge in [-0.25, -0.2) is 22.7 Å². The number of hydrazine groups is 1. The molecule has 0 radical (unpaired) electrons. The number of halogens is 1. The number of hydrogen-bond donors (Lipinski definition) is 1. The van der Waals surface area contributed by atoms with Crippen molar-refractivity contribution < 1.29 is 27.5 Å². The van der Waals surface area contributed by atoms with Crippen molar-refractivity contribution in [1.29, 1.82) is 0 Å². The van der Waals surface area contributed by atoms with Crippen LogP contribution in [0.2, 0.25) is 5.02 Å². The van der Waals surface area contributed by atoms with Crippen molar-refractivity contribution in [2.75, 3.05) is 64.3 Å². The zero-order valence-electron chi connectivity index (χ0n) is 26.7. The number of amides is 2. The summed E-state index contributed by atoms with van der Waals surface area (Å²) < 4.78 is 40.7. The van der Waals surface area contributed by atoms with Crippen LogP contribution in [0, 0.1) is 0 Å².